The van der Waals surface area contributed by atoms with Crippen LogP contribution in [0.1, 0.15) is 40.7 Å². The minimum absolute atomic E-state index is 0.121. The van der Waals surface area contributed by atoms with Gasteiger partial charge in [0.1, 0.15) is 18.6 Å². The minimum atomic E-state index is -0.345. The lowest BCUT2D eigenvalue weighted by atomic mass is 10.2. The van der Waals surface area contributed by atoms with Crippen molar-refractivity contribution < 1.29 is 14.1 Å². The van der Waals surface area contributed by atoms with E-state index in [-0.39, 0.29) is 12.6 Å². The molecule has 1 aliphatic carbocycles. The molecule has 5 rings (SSSR count). The Kier molecular flexibility index (Phi) is 2.47. The van der Waals surface area contributed by atoms with Gasteiger partial charge < -0.3 is 9.26 Å². The van der Waals surface area contributed by atoms with Crippen molar-refractivity contribution in [3.63, 3.8) is 0 Å². The lowest BCUT2D eigenvalue weighted by molar-refractivity contribution is 0.0476. The van der Waals surface area contributed by atoms with Crippen LogP contribution in [0.3, 0.4) is 0 Å². The number of cyclic esters (lactones) is 1. The number of carbonyl (C=O) groups excluding carboxylic acids is 1. The van der Waals surface area contributed by atoms with E-state index in [4.69, 9.17) is 9.26 Å². The van der Waals surface area contributed by atoms with Crippen LogP contribution in [-0.4, -0.2) is 25.7 Å². The maximum absolute atomic E-state index is 12.1. The Morgan fingerprint density at radius 2 is 2.09 bits per heavy atom. The zero-order valence-electron chi connectivity index (χ0n) is 12.1. The Hall–Kier alpha value is -2.96. The van der Waals surface area contributed by atoms with Gasteiger partial charge >= 0.3 is 5.97 Å². The molecule has 3 heterocycles. The molecule has 0 radical (unpaired) electrons. The van der Waals surface area contributed by atoms with Gasteiger partial charge in [-0.3, -0.25) is 4.57 Å². The fourth-order valence-corrected chi connectivity index (χ4v) is 2.80. The number of ether oxygens (including phenoxy) is 1. The van der Waals surface area contributed by atoms with Gasteiger partial charge in [0.15, 0.2) is 0 Å². The van der Waals surface area contributed by atoms with E-state index >= 15 is 0 Å². The fourth-order valence-electron chi connectivity index (χ4n) is 2.80. The molecule has 0 atom stereocenters. The highest BCUT2D eigenvalue weighted by atomic mass is 16.5. The van der Waals surface area contributed by atoms with E-state index in [0.29, 0.717) is 28.9 Å². The molecule has 0 unspecified atom stereocenters. The molecule has 0 saturated heterocycles. The topological polar surface area (TPSA) is 83.0 Å². The average Bonchev–Trinajstić information content (AvgIpc) is 3.20. The molecule has 23 heavy (non-hydrogen) atoms. The van der Waals surface area contributed by atoms with Crippen LogP contribution in [0.4, 0.5) is 0 Å². The molecule has 0 N–H and O–H groups in total. The summed E-state index contributed by atoms with van der Waals surface area (Å²) in [6, 6.07) is 7.29. The summed E-state index contributed by atoms with van der Waals surface area (Å²) in [6.07, 6.45) is 3.85. The number of fused-ring (bicyclic) bond motifs is 3. The molecule has 0 amide bonds. The molecule has 1 saturated carbocycles. The number of esters is 1. The molecule has 3 aromatic rings. The van der Waals surface area contributed by atoms with Gasteiger partial charge in [-0.25, -0.2) is 9.78 Å². The molecule has 7 heteroatoms. The summed E-state index contributed by atoms with van der Waals surface area (Å²) in [7, 11) is 0. The van der Waals surface area contributed by atoms with Crippen molar-refractivity contribution in [2.45, 2.75) is 25.4 Å². The molecule has 1 fully saturated rings. The van der Waals surface area contributed by atoms with Crippen LogP contribution in [0.2, 0.25) is 0 Å². The van der Waals surface area contributed by atoms with Gasteiger partial charge in [-0.05, 0) is 25.0 Å². The van der Waals surface area contributed by atoms with Crippen molar-refractivity contribution in [1.29, 1.82) is 0 Å². The average molecular weight is 308 g/mol. The number of rotatable bonds is 2. The van der Waals surface area contributed by atoms with Crippen LogP contribution in [-0.2, 0) is 11.3 Å². The smallest absolute Gasteiger partial charge is 0.340 e. The number of hydrogen-bond donors (Lipinski definition) is 0. The molecular weight excluding hydrogens is 296 g/mol. The summed E-state index contributed by atoms with van der Waals surface area (Å²) in [4.78, 5) is 21.0. The molecule has 1 aromatic carbocycles. The van der Waals surface area contributed by atoms with E-state index in [1.165, 1.54) is 0 Å². The predicted octanol–water partition coefficient (Wildman–Crippen LogP) is 2.47. The third kappa shape index (κ3) is 1.89. The Morgan fingerprint density at radius 1 is 1.22 bits per heavy atom. The molecule has 7 nitrogen and oxygen atoms in total. The van der Waals surface area contributed by atoms with Crippen LogP contribution in [0.5, 0.6) is 0 Å². The number of para-hydroxylation sites is 1. The van der Waals surface area contributed by atoms with Crippen molar-refractivity contribution >= 4 is 5.97 Å². The van der Waals surface area contributed by atoms with Crippen molar-refractivity contribution in [3.8, 4) is 17.2 Å². The normalized spacial score (nSPS) is 16.4. The van der Waals surface area contributed by atoms with Gasteiger partial charge in [0.25, 0.3) is 0 Å². The largest absolute Gasteiger partial charge is 0.456 e. The predicted molar refractivity (Wildman–Crippen MR) is 78.0 cm³/mol. The standard InChI is InChI=1S/C16H12N4O3/c21-16-10-3-1-2-4-11(10)20-8-17-13(12(20)7-22-16)14-18-15(23-19-14)9-5-6-9/h1-4,8-9H,5-7H2. The summed E-state index contributed by atoms with van der Waals surface area (Å²) in [5.74, 6) is 1.14. The number of hydrogen-bond acceptors (Lipinski definition) is 6. The van der Waals surface area contributed by atoms with Gasteiger partial charge in [-0.1, -0.05) is 17.3 Å². The summed E-state index contributed by atoms with van der Waals surface area (Å²) < 4.78 is 12.5. The molecular formula is C16H12N4O3. The monoisotopic (exact) mass is 308 g/mol. The van der Waals surface area contributed by atoms with Gasteiger partial charge in [-0.15, -0.1) is 0 Å². The molecule has 2 aliphatic rings. The highest BCUT2D eigenvalue weighted by Crippen LogP contribution is 2.39. The number of nitrogens with zero attached hydrogens (tertiary/aromatic N) is 4. The van der Waals surface area contributed by atoms with Gasteiger partial charge in [0, 0.05) is 5.92 Å². The van der Waals surface area contributed by atoms with Crippen molar-refractivity contribution in [2.75, 3.05) is 0 Å². The SMILES string of the molecule is O=C1OCc2c(-c3noc(C4CC4)n3)ncn2-c2ccccc21. The second-order valence-electron chi connectivity index (χ2n) is 5.73. The fraction of sp³-hybridized carbons (Fsp3) is 0.250. The van der Waals surface area contributed by atoms with E-state index in [2.05, 4.69) is 15.1 Å². The molecule has 0 spiro atoms. The van der Waals surface area contributed by atoms with E-state index in [1.54, 1.807) is 12.4 Å². The Balaban J connectivity index is 1.65. The zero-order chi connectivity index (χ0) is 15.4. The highest BCUT2D eigenvalue weighted by molar-refractivity contribution is 5.94. The Labute approximate surface area is 130 Å². The Morgan fingerprint density at radius 3 is 2.96 bits per heavy atom. The van der Waals surface area contributed by atoms with Crippen molar-refractivity contribution in [1.82, 2.24) is 19.7 Å². The third-order valence-electron chi connectivity index (χ3n) is 4.17. The van der Waals surface area contributed by atoms with Crippen LogP contribution in [0.15, 0.2) is 35.1 Å². The maximum Gasteiger partial charge on any atom is 0.340 e. The Bertz CT molecular complexity index is 923. The minimum Gasteiger partial charge on any atom is -0.456 e. The third-order valence-corrected chi connectivity index (χ3v) is 4.17. The van der Waals surface area contributed by atoms with Crippen molar-refractivity contribution in [2.24, 2.45) is 0 Å². The first kappa shape index (κ1) is 12.6. The maximum atomic E-state index is 12.1. The van der Waals surface area contributed by atoms with Crippen LogP contribution in [0, 0.1) is 0 Å². The second kappa shape index (κ2) is 4.52. The number of benzene rings is 1. The highest BCUT2D eigenvalue weighted by Gasteiger charge is 2.31. The van der Waals surface area contributed by atoms with E-state index in [1.807, 2.05) is 22.8 Å². The lowest BCUT2D eigenvalue weighted by Gasteiger charge is -2.05. The van der Waals surface area contributed by atoms with Gasteiger partial charge in [0.05, 0.1) is 16.9 Å². The number of imidazole rings is 1. The van der Waals surface area contributed by atoms with E-state index in [9.17, 15) is 4.79 Å². The zero-order valence-corrected chi connectivity index (χ0v) is 12.1. The molecule has 2 aromatic heterocycles. The lowest BCUT2D eigenvalue weighted by Crippen LogP contribution is -2.03. The first-order chi connectivity index (χ1) is 11.3. The quantitative estimate of drug-likeness (QED) is 0.676. The number of aromatic nitrogens is 4. The number of carbonyl (C=O) groups is 1. The first-order valence-electron chi connectivity index (χ1n) is 7.48. The summed E-state index contributed by atoms with van der Waals surface area (Å²) in [6.45, 7) is 0.121. The van der Waals surface area contributed by atoms with Crippen LogP contribution in [0.25, 0.3) is 17.2 Å². The van der Waals surface area contributed by atoms with E-state index in [0.717, 1.165) is 24.2 Å². The molecule has 1 aliphatic heterocycles. The summed E-state index contributed by atoms with van der Waals surface area (Å²) in [5.41, 5.74) is 2.59. The first-order valence-corrected chi connectivity index (χ1v) is 7.48. The molecule has 114 valence electrons. The van der Waals surface area contributed by atoms with Gasteiger partial charge in [0.2, 0.25) is 11.7 Å². The second-order valence-corrected chi connectivity index (χ2v) is 5.73. The van der Waals surface area contributed by atoms with E-state index < -0.39 is 0 Å². The molecule has 0 bridgehead atoms. The van der Waals surface area contributed by atoms with Gasteiger partial charge in [-0.2, -0.15) is 4.98 Å². The van der Waals surface area contributed by atoms with Crippen molar-refractivity contribution in [3.05, 3.63) is 47.7 Å². The van der Waals surface area contributed by atoms with Crippen LogP contribution < -0.4 is 0 Å². The summed E-state index contributed by atoms with van der Waals surface area (Å²) in [5, 5.41) is 4.03. The van der Waals surface area contributed by atoms with Crippen LogP contribution >= 0.6 is 0 Å². The summed E-state index contributed by atoms with van der Waals surface area (Å²) >= 11 is 0.